The lowest BCUT2D eigenvalue weighted by molar-refractivity contribution is 0.304. The summed E-state index contributed by atoms with van der Waals surface area (Å²) in [5.41, 5.74) is 6.99. The molecule has 0 fully saturated rings. The van der Waals surface area contributed by atoms with Crippen LogP contribution in [0.5, 0.6) is 11.5 Å². The first-order chi connectivity index (χ1) is 8.04. The molecule has 1 rings (SSSR count). The van der Waals surface area contributed by atoms with Gasteiger partial charge in [0.1, 0.15) is 0 Å². The van der Waals surface area contributed by atoms with Gasteiger partial charge in [0.05, 0.1) is 13.7 Å². The zero-order valence-electron chi connectivity index (χ0n) is 11.2. The summed E-state index contributed by atoms with van der Waals surface area (Å²) in [6.45, 7) is 7.56. The average molecular weight is 237 g/mol. The van der Waals surface area contributed by atoms with Gasteiger partial charge in [0.15, 0.2) is 11.5 Å². The lowest BCUT2D eigenvalue weighted by Gasteiger charge is -2.24. The minimum atomic E-state index is 0.0676. The molecular formula is C14H23NO2. The molecule has 0 radical (unpaired) electrons. The highest BCUT2D eigenvalue weighted by Gasteiger charge is 2.20. The number of ether oxygens (including phenoxy) is 2. The Balaban J connectivity index is 3.02. The molecular weight excluding hydrogens is 214 g/mol. The number of hydrogen-bond acceptors (Lipinski definition) is 3. The van der Waals surface area contributed by atoms with Crippen molar-refractivity contribution in [2.24, 2.45) is 11.1 Å². The van der Waals surface area contributed by atoms with E-state index in [4.69, 9.17) is 15.2 Å². The molecule has 0 aliphatic heterocycles. The molecule has 0 atom stereocenters. The summed E-state index contributed by atoms with van der Waals surface area (Å²) in [6.07, 6.45) is 0.883. The molecule has 0 spiro atoms. The fourth-order valence-electron chi connectivity index (χ4n) is 1.79. The van der Waals surface area contributed by atoms with Crippen molar-refractivity contribution in [1.82, 2.24) is 0 Å². The summed E-state index contributed by atoms with van der Waals surface area (Å²) < 4.78 is 11.0. The maximum Gasteiger partial charge on any atom is 0.163 e. The molecule has 3 heteroatoms. The zero-order chi connectivity index (χ0) is 12.9. The summed E-state index contributed by atoms with van der Waals surface area (Å²) in [7, 11) is 1.68. The monoisotopic (exact) mass is 237 g/mol. The first-order valence-electron chi connectivity index (χ1n) is 6.03. The number of para-hydroxylation sites is 1. The molecule has 0 heterocycles. The minimum Gasteiger partial charge on any atom is -0.493 e. The van der Waals surface area contributed by atoms with Gasteiger partial charge < -0.3 is 15.2 Å². The molecule has 3 nitrogen and oxygen atoms in total. The van der Waals surface area contributed by atoms with Crippen LogP contribution in [-0.2, 0) is 6.42 Å². The summed E-state index contributed by atoms with van der Waals surface area (Å²) >= 11 is 0. The van der Waals surface area contributed by atoms with Gasteiger partial charge >= 0.3 is 0 Å². The molecule has 0 saturated heterocycles. The number of benzene rings is 1. The summed E-state index contributed by atoms with van der Waals surface area (Å²) in [5.74, 6) is 1.64. The number of rotatable bonds is 6. The van der Waals surface area contributed by atoms with Crippen LogP contribution in [0.4, 0.5) is 0 Å². The fraction of sp³-hybridized carbons (Fsp3) is 0.571. The molecule has 0 unspecified atom stereocenters. The molecule has 17 heavy (non-hydrogen) atoms. The van der Waals surface area contributed by atoms with Crippen molar-refractivity contribution in [2.45, 2.75) is 27.2 Å². The van der Waals surface area contributed by atoms with Crippen LogP contribution < -0.4 is 15.2 Å². The Hall–Kier alpha value is -1.22. The smallest absolute Gasteiger partial charge is 0.163 e. The van der Waals surface area contributed by atoms with Gasteiger partial charge in [-0.3, -0.25) is 0 Å². The maximum absolute atomic E-state index is 5.77. The second-order valence-electron chi connectivity index (χ2n) is 4.93. The van der Waals surface area contributed by atoms with Crippen LogP contribution in [0.1, 0.15) is 26.3 Å². The predicted octanol–water partition coefficient (Wildman–Crippen LogP) is 2.62. The molecule has 1 aromatic rings. The van der Waals surface area contributed by atoms with Gasteiger partial charge in [-0.15, -0.1) is 0 Å². The number of methoxy groups -OCH3 is 1. The highest BCUT2D eigenvalue weighted by Crippen LogP contribution is 2.34. The van der Waals surface area contributed by atoms with Crippen molar-refractivity contribution >= 4 is 0 Å². The van der Waals surface area contributed by atoms with Crippen molar-refractivity contribution in [3.8, 4) is 11.5 Å². The normalized spacial score (nSPS) is 11.4. The first kappa shape index (κ1) is 13.8. The van der Waals surface area contributed by atoms with Crippen LogP contribution >= 0.6 is 0 Å². The SMILES string of the molecule is CCOc1cccc(CC(C)(C)CN)c1OC. The second kappa shape index (κ2) is 5.92. The van der Waals surface area contributed by atoms with Gasteiger partial charge in [0.2, 0.25) is 0 Å². The van der Waals surface area contributed by atoms with Crippen molar-refractivity contribution in [2.75, 3.05) is 20.3 Å². The second-order valence-corrected chi connectivity index (χ2v) is 4.93. The predicted molar refractivity (Wildman–Crippen MR) is 70.7 cm³/mol. The Morgan fingerprint density at radius 2 is 2.00 bits per heavy atom. The molecule has 0 aromatic heterocycles. The number of nitrogens with two attached hydrogens (primary N) is 1. The molecule has 96 valence electrons. The third kappa shape index (κ3) is 3.63. The van der Waals surface area contributed by atoms with Crippen molar-refractivity contribution in [1.29, 1.82) is 0 Å². The van der Waals surface area contributed by atoms with Crippen LogP contribution in [-0.4, -0.2) is 20.3 Å². The third-order valence-electron chi connectivity index (χ3n) is 2.79. The van der Waals surface area contributed by atoms with E-state index < -0.39 is 0 Å². The summed E-state index contributed by atoms with van der Waals surface area (Å²) in [4.78, 5) is 0. The van der Waals surface area contributed by atoms with E-state index in [0.717, 1.165) is 23.5 Å². The van der Waals surface area contributed by atoms with E-state index in [-0.39, 0.29) is 5.41 Å². The van der Waals surface area contributed by atoms with Crippen LogP contribution in [0.3, 0.4) is 0 Å². The van der Waals surface area contributed by atoms with Gasteiger partial charge in [-0.25, -0.2) is 0 Å². The van der Waals surface area contributed by atoms with Crippen LogP contribution in [0.25, 0.3) is 0 Å². The summed E-state index contributed by atoms with van der Waals surface area (Å²) in [6, 6.07) is 6.00. The van der Waals surface area contributed by atoms with Crippen molar-refractivity contribution < 1.29 is 9.47 Å². The summed E-state index contributed by atoms with van der Waals surface area (Å²) in [5, 5.41) is 0. The highest BCUT2D eigenvalue weighted by atomic mass is 16.5. The Morgan fingerprint density at radius 1 is 1.29 bits per heavy atom. The van der Waals surface area contributed by atoms with Gasteiger partial charge in [-0.1, -0.05) is 26.0 Å². The average Bonchev–Trinajstić information content (AvgIpc) is 2.29. The van der Waals surface area contributed by atoms with Crippen LogP contribution in [0.15, 0.2) is 18.2 Å². The molecule has 0 aliphatic carbocycles. The van der Waals surface area contributed by atoms with Crippen molar-refractivity contribution in [3.05, 3.63) is 23.8 Å². The van der Waals surface area contributed by atoms with Crippen LogP contribution in [0, 0.1) is 5.41 Å². The fourth-order valence-corrected chi connectivity index (χ4v) is 1.79. The molecule has 0 bridgehead atoms. The third-order valence-corrected chi connectivity index (χ3v) is 2.79. The van der Waals surface area contributed by atoms with E-state index >= 15 is 0 Å². The van der Waals surface area contributed by atoms with E-state index in [9.17, 15) is 0 Å². The van der Waals surface area contributed by atoms with Gasteiger partial charge in [0, 0.05) is 0 Å². The lowest BCUT2D eigenvalue weighted by Crippen LogP contribution is -2.26. The van der Waals surface area contributed by atoms with E-state index in [2.05, 4.69) is 19.9 Å². The Kier molecular flexibility index (Phi) is 4.82. The van der Waals surface area contributed by atoms with E-state index in [1.807, 2.05) is 19.1 Å². The zero-order valence-corrected chi connectivity index (χ0v) is 11.2. The Labute approximate surface area is 104 Å². The Bertz CT molecular complexity index is 361. The van der Waals surface area contributed by atoms with E-state index in [1.54, 1.807) is 7.11 Å². The van der Waals surface area contributed by atoms with E-state index in [1.165, 1.54) is 0 Å². The molecule has 2 N–H and O–H groups in total. The maximum atomic E-state index is 5.77. The molecule has 0 aliphatic rings. The Morgan fingerprint density at radius 3 is 2.53 bits per heavy atom. The lowest BCUT2D eigenvalue weighted by atomic mass is 9.85. The standard InChI is InChI=1S/C14H23NO2/c1-5-17-12-8-6-7-11(13(12)16-4)9-14(2,3)10-15/h6-8H,5,9-10,15H2,1-4H3. The largest absolute Gasteiger partial charge is 0.493 e. The molecule has 0 amide bonds. The quantitative estimate of drug-likeness (QED) is 0.827. The van der Waals surface area contributed by atoms with Gasteiger partial charge in [-0.05, 0) is 36.9 Å². The van der Waals surface area contributed by atoms with E-state index in [0.29, 0.717) is 13.2 Å². The number of hydrogen-bond donors (Lipinski definition) is 1. The van der Waals surface area contributed by atoms with Crippen LogP contribution in [0.2, 0.25) is 0 Å². The molecule has 1 aromatic carbocycles. The highest BCUT2D eigenvalue weighted by molar-refractivity contribution is 5.47. The van der Waals surface area contributed by atoms with Gasteiger partial charge in [-0.2, -0.15) is 0 Å². The first-order valence-corrected chi connectivity index (χ1v) is 6.03. The van der Waals surface area contributed by atoms with Gasteiger partial charge in [0.25, 0.3) is 0 Å². The minimum absolute atomic E-state index is 0.0676. The van der Waals surface area contributed by atoms with Crippen molar-refractivity contribution in [3.63, 3.8) is 0 Å². The topological polar surface area (TPSA) is 44.5 Å². The molecule has 0 saturated carbocycles.